The molecule has 0 aliphatic carbocycles. The molecule has 0 fully saturated rings. The lowest BCUT2D eigenvalue weighted by atomic mass is 10.2. The molecule has 0 bridgehead atoms. The standard InChI is InChI=1S/C11H14F3N5O.ClH/c1-18-10(11(12,13)14)8(7-16-18)6-15-9-2-3-19(17-9)4-5-20;/h2-3,7,20H,4-6H2,1H3,(H,15,17);1H. The zero-order chi connectivity index (χ0) is 14.8. The molecule has 0 aromatic carbocycles. The quantitative estimate of drug-likeness (QED) is 0.877. The van der Waals surface area contributed by atoms with Gasteiger partial charge in [-0.3, -0.25) is 9.36 Å². The van der Waals surface area contributed by atoms with Gasteiger partial charge in [-0.2, -0.15) is 23.4 Å². The first-order chi connectivity index (χ1) is 9.41. The van der Waals surface area contributed by atoms with Crippen molar-refractivity contribution in [2.45, 2.75) is 19.3 Å². The van der Waals surface area contributed by atoms with Crippen LogP contribution in [0, 0.1) is 0 Å². The number of rotatable bonds is 5. The van der Waals surface area contributed by atoms with E-state index < -0.39 is 11.9 Å². The van der Waals surface area contributed by atoms with Gasteiger partial charge >= 0.3 is 6.18 Å². The van der Waals surface area contributed by atoms with Crippen molar-refractivity contribution in [1.29, 1.82) is 0 Å². The molecule has 6 nitrogen and oxygen atoms in total. The number of nitrogens with one attached hydrogen (secondary N) is 1. The van der Waals surface area contributed by atoms with Crippen molar-refractivity contribution < 1.29 is 18.3 Å². The highest BCUT2D eigenvalue weighted by molar-refractivity contribution is 5.85. The lowest BCUT2D eigenvalue weighted by Crippen LogP contribution is -2.15. The Morgan fingerprint density at radius 1 is 1.38 bits per heavy atom. The lowest BCUT2D eigenvalue weighted by Gasteiger charge is -2.10. The first-order valence-corrected chi connectivity index (χ1v) is 5.88. The summed E-state index contributed by atoms with van der Waals surface area (Å²) in [5, 5.41) is 19.2. The number of aliphatic hydroxyl groups is 1. The second kappa shape index (κ2) is 6.81. The number of alkyl halides is 3. The number of aliphatic hydroxyl groups excluding tert-OH is 1. The third kappa shape index (κ3) is 4.11. The van der Waals surface area contributed by atoms with Gasteiger partial charge < -0.3 is 10.4 Å². The summed E-state index contributed by atoms with van der Waals surface area (Å²) < 4.78 is 40.8. The van der Waals surface area contributed by atoms with E-state index in [9.17, 15) is 13.2 Å². The minimum Gasteiger partial charge on any atom is -0.394 e. The summed E-state index contributed by atoms with van der Waals surface area (Å²) in [6.07, 6.45) is -1.63. The second-order valence-corrected chi connectivity index (χ2v) is 4.18. The van der Waals surface area contributed by atoms with Gasteiger partial charge in [0.1, 0.15) is 11.5 Å². The fourth-order valence-corrected chi connectivity index (χ4v) is 1.85. The summed E-state index contributed by atoms with van der Waals surface area (Å²) in [6.45, 7) is 0.253. The van der Waals surface area contributed by atoms with Crippen molar-refractivity contribution in [1.82, 2.24) is 19.6 Å². The van der Waals surface area contributed by atoms with E-state index in [2.05, 4.69) is 15.5 Å². The van der Waals surface area contributed by atoms with Gasteiger partial charge in [0, 0.05) is 31.4 Å². The molecule has 2 aromatic rings. The summed E-state index contributed by atoms with van der Waals surface area (Å²) in [7, 11) is 1.25. The highest BCUT2D eigenvalue weighted by atomic mass is 35.5. The SMILES string of the molecule is Cl.Cn1ncc(CNc2ccn(CCO)n2)c1C(F)(F)F. The second-order valence-electron chi connectivity index (χ2n) is 4.18. The fraction of sp³-hybridized carbons (Fsp3) is 0.455. The first-order valence-electron chi connectivity index (χ1n) is 5.88. The molecule has 10 heteroatoms. The molecule has 0 spiro atoms. The zero-order valence-corrected chi connectivity index (χ0v) is 11.9. The van der Waals surface area contributed by atoms with Crippen LogP contribution in [0.2, 0.25) is 0 Å². The molecule has 0 unspecified atom stereocenters. The Bertz CT molecular complexity index is 581. The Kier molecular flexibility index (Phi) is 5.62. The zero-order valence-electron chi connectivity index (χ0n) is 11.1. The van der Waals surface area contributed by atoms with Crippen LogP contribution < -0.4 is 5.32 Å². The highest BCUT2D eigenvalue weighted by Gasteiger charge is 2.37. The molecule has 21 heavy (non-hydrogen) atoms. The van der Waals surface area contributed by atoms with E-state index in [1.165, 1.54) is 17.9 Å². The molecule has 2 N–H and O–H groups in total. The summed E-state index contributed by atoms with van der Waals surface area (Å²) in [6, 6.07) is 1.62. The Labute approximate surface area is 125 Å². The number of hydrogen-bond acceptors (Lipinski definition) is 4. The Hall–Kier alpha value is -1.74. The van der Waals surface area contributed by atoms with Crippen molar-refractivity contribution in [3.8, 4) is 0 Å². The fourth-order valence-electron chi connectivity index (χ4n) is 1.85. The Morgan fingerprint density at radius 2 is 2.10 bits per heavy atom. The highest BCUT2D eigenvalue weighted by Crippen LogP contribution is 2.31. The van der Waals surface area contributed by atoms with Gasteiger partial charge in [-0.15, -0.1) is 12.4 Å². The van der Waals surface area contributed by atoms with E-state index in [-0.39, 0.29) is 31.1 Å². The molecule has 2 heterocycles. The van der Waals surface area contributed by atoms with E-state index in [0.29, 0.717) is 12.4 Å². The third-order valence-electron chi connectivity index (χ3n) is 2.71. The van der Waals surface area contributed by atoms with Crippen molar-refractivity contribution in [2.24, 2.45) is 7.05 Å². The lowest BCUT2D eigenvalue weighted by molar-refractivity contribution is -0.144. The van der Waals surface area contributed by atoms with E-state index in [1.54, 1.807) is 12.3 Å². The molecule has 2 aromatic heterocycles. The number of aromatic nitrogens is 4. The molecular formula is C11H15ClF3N5O. The van der Waals surface area contributed by atoms with Crippen LogP contribution in [0.3, 0.4) is 0 Å². The van der Waals surface area contributed by atoms with Gasteiger partial charge in [-0.25, -0.2) is 0 Å². The number of aryl methyl sites for hydroxylation is 1. The molecule has 0 saturated carbocycles. The van der Waals surface area contributed by atoms with Crippen molar-refractivity contribution >= 4 is 18.2 Å². The van der Waals surface area contributed by atoms with Gasteiger partial charge in [0.25, 0.3) is 0 Å². The molecule has 0 aliphatic rings. The summed E-state index contributed by atoms with van der Waals surface area (Å²) in [5.41, 5.74) is -0.725. The summed E-state index contributed by atoms with van der Waals surface area (Å²) in [4.78, 5) is 0. The average Bonchev–Trinajstić information content (AvgIpc) is 2.93. The van der Waals surface area contributed by atoms with Crippen LogP contribution in [-0.4, -0.2) is 31.3 Å². The molecule has 118 valence electrons. The number of anilines is 1. The van der Waals surface area contributed by atoms with E-state index >= 15 is 0 Å². The predicted octanol–water partition coefficient (Wildman–Crippen LogP) is 1.66. The average molecular weight is 326 g/mol. The van der Waals surface area contributed by atoms with Gasteiger partial charge in [0.15, 0.2) is 0 Å². The van der Waals surface area contributed by atoms with Crippen molar-refractivity contribution in [3.05, 3.63) is 29.7 Å². The maximum Gasteiger partial charge on any atom is 0.433 e. The summed E-state index contributed by atoms with van der Waals surface area (Å²) in [5.74, 6) is 0.440. The van der Waals surface area contributed by atoms with Gasteiger partial charge in [-0.05, 0) is 0 Å². The van der Waals surface area contributed by atoms with Crippen molar-refractivity contribution in [3.63, 3.8) is 0 Å². The van der Waals surface area contributed by atoms with Gasteiger partial charge in [-0.1, -0.05) is 0 Å². The first kappa shape index (κ1) is 17.3. The number of nitrogens with zero attached hydrogens (tertiary/aromatic N) is 4. The molecular weight excluding hydrogens is 311 g/mol. The minimum atomic E-state index is -4.45. The third-order valence-corrected chi connectivity index (χ3v) is 2.71. The predicted molar refractivity (Wildman–Crippen MR) is 72.1 cm³/mol. The van der Waals surface area contributed by atoms with Crippen LogP contribution in [-0.2, 0) is 26.3 Å². The van der Waals surface area contributed by atoms with Crippen LogP contribution in [0.1, 0.15) is 11.3 Å². The molecule has 2 rings (SSSR count). The van der Waals surface area contributed by atoms with E-state index in [0.717, 1.165) is 4.68 Å². The number of halogens is 4. The monoisotopic (exact) mass is 325 g/mol. The largest absolute Gasteiger partial charge is 0.433 e. The van der Waals surface area contributed by atoms with E-state index in [1.807, 2.05) is 0 Å². The Balaban J connectivity index is 0.00000220. The van der Waals surface area contributed by atoms with Crippen molar-refractivity contribution in [2.75, 3.05) is 11.9 Å². The maximum atomic E-state index is 12.8. The minimum absolute atomic E-state index is 0. The molecule has 0 amide bonds. The van der Waals surface area contributed by atoms with Gasteiger partial charge in [0.05, 0.1) is 19.3 Å². The van der Waals surface area contributed by atoms with Crippen LogP contribution in [0.15, 0.2) is 18.5 Å². The molecule has 0 radical (unpaired) electrons. The number of hydrogen-bond donors (Lipinski definition) is 2. The Morgan fingerprint density at radius 3 is 2.71 bits per heavy atom. The molecule has 0 saturated heterocycles. The normalized spacial score (nSPS) is 11.3. The van der Waals surface area contributed by atoms with Crippen LogP contribution in [0.4, 0.5) is 19.0 Å². The van der Waals surface area contributed by atoms with Gasteiger partial charge in [0.2, 0.25) is 0 Å². The maximum absolute atomic E-state index is 12.8. The summed E-state index contributed by atoms with van der Waals surface area (Å²) >= 11 is 0. The topological polar surface area (TPSA) is 67.9 Å². The van der Waals surface area contributed by atoms with Crippen LogP contribution in [0.25, 0.3) is 0 Å². The smallest absolute Gasteiger partial charge is 0.394 e. The van der Waals surface area contributed by atoms with Crippen LogP contribution >= 0.6 is 12.4 Å². The van der Waals surface area contributed by atoms with E-state index in [4.69, 9.17) is 5.11 Å². The molecule has 0 atom stereocenters. The van der Waals surface area contributed by atoms with Crippen LogP contribution in [0.5, 0.6) is 0 Å². The molecule has 0 aliphatic heterocycles.